The fourth-order valence-electron chi connectivity index (χ4n) is 4.42. The van der Waals surface area contributed by atoms with Crippen molar-refractivity contribution >= 4 is 5.78 Å². The van der Waals surface area contributed by atoms with E-state index in [4.69, 9.17) is 4.74 Å². The van der Waals surface area contributed by atoms with Gasteiger partial charge in [-0.2, -0.15) is 0 Å². The molecule has 1 aromatic carbocycles. The number of hydrogen-bond donors (Lipinski definition) is 0. The molecule has 1 spiro atoms. The summed E-state index contributed by atoms with van der Waals surface area (Å²) in [7, 11) is 0. The highest BCUT2D eigenvalue weighted by atomic mass is 19.2. The first-order valence-corrected chi connectivity index (χ1v) is 11.3. The van der Waals surface area contributed by atoms with Gasteiger partial charge in [0.25, 0.3) is 0 Å². The molecule has 33 heavy (non-hydrogen) atoms. The average molecular weight is 452 g/mol. The Morgan fingerprint density at radius 2 is 1.79 bits per heavy atom. The third kappa shape index (κ3) is 4.70. The summed E-state index contributed by atoms with van der Waals surface area (Å²) in [5.74, 6) is -2.40. The number of fused-ring (bicyclic) bond motifs is 2. The number of piperidine rings is 1. The van der Waals surface area contributed by atoms with Crippen LogP contribution in [0, 0.1) is 11.6 Å². The molecule has 0 radical (unpaired) electrons. The third-order valence-corrected chi connectivity index (χ3v) is 6.22. The number of likely N-dealkylation sites (tertiary alicyclic amines) is 1. The number of hydrogen-bond acceptors (Lipinski definition) is 5. The van der Waals surface area contributed by atoms with Crippen molar-refractivity contribution in [2.24, 2.45) is 0 Å². The summed E-state index contributed by atoms with van der Waals surface area (Å²) in [6.07, 6.45) is 7.04. The molecule has 0 amide bonds. The van der Waals surface area contributed by atoms with Gasteiger partial charge in [-0.05, 0) is 54.8 Å². The van der Waals surface area contributed by atoms with E-state index >= 15 is 0 Å². The smallest absolute Gasteiger partial charge is 0.194 e. The second kappa shape index (κ2) is 9.85. The molecule has 0 bridgehead atoms. The molecule has 1 fully saturated rings. The second-order valence-electron chi connectivity index (χ2n) is 8.09. The van der Waals surface area contributed by atoms with E-state index in [1.54, 1.807) is 6.07 Å². The molecule has 2 aliphatic heterocycles. The molecule has 0 unspecified atom stereocenters. The lowest BCUT2D eigenvalue weighted by Gasteiger charge is -2.39. The standard InChI is InChI=1S/C24H21F2N3O2.C2H6/c25-21-4-2-16(11-22(21)26)23(30)17-1-3-19(28-12-17)14-29-9-6-24(7-10-29)20-13-27-8-5-18(20)15-31-24;1-2/h1-5,8,11-13H,6-7,9-10,14-15H2;1-2H3. The van der Waals surface area contributed by atoms with Gasteiger partial charge < -0.3 is 4.74 Å². The number of pyridine rings is 2. The lowest BCUT2D eigenvalue weighted by Crippen LogP contribution is -2.42. The SMILES string of the molecule is CC.O=C(c1ccc(CN2CCC3(CC2)OCc2ccncc23)nc1)c1ccc(F)c(F)c1. The third-order valence-electron chi connectivity index (χ3n) is 6.22. The van der Waals surface area contributed by atoms with Gasteiger partial charge in [0.05, 0.1) is 17.9 Å². The van der Waals surface area contributed by atoms with Crippen molar-refractivity contribution in [1.29, 1.82) is 0 Å². The van der Waals surface area contributed by atoms with Crippen LogP contribution in [0.4, 0.5) is 8.78 Å². The van der Waals surface area contributed by atoms with Crippen LogP contribution in [0.5, 0.6) is 0 Å². The Balaban J connectivity index is 0.00000126. The van der Waals surface area contributed by atoms with E-state index in [-0.39, 0.29) is 16.9 Å². The van der Waals surface area contributed by atoms with Crippen LogP contribution in [0.2, 0.25) is 0 Å². The van der Waals surface area contributed by atoms with Gasteiger partial charge in [0.15, 0.2) is 17.4 Å². The average Bonchev–Trinajstić information content (AvgIpc) is 3.22. The fraction of sp³-hybridized carbons (Fsp3) is 0.346. The monoisotopic (exact) mass is 451 g/mol. The van der Waals surface area contributed by atoms with Crippen LogP contribution in [-0.2, 0) is 23.5 Å². The van der Waals surface area contributed by atoms with Crippen LogP contribution < -0.4 is 0 Å². The molecule has 2 aromatic heterocycles. The molecule has 5 rings (SSSR count). The van der Waals surface area contributed by atoms with E-state index in [0.717, 1.165) is 43.8 Å². The minimum absolute atomic E-state index is 0.0983. The van der Waals surface area contributed by atoms with E-state index in [2.05, 4.69) is 14.9 Å². The van der Waals surface area contributed by atoms with Crippen molar-refractivity contribution in [2.45, 2.75) is 45.4 Å². The highest BCUT2D eigenvalue weighted by Gasteiger charge is 2.42. The zero-order valence-electron chi connectivity index (χ0n) is 18.9. The lowest BCUT2D eigenvalue weighted by atomic mass is 9.85. The fourth-order valence-corrected chi connectivity index (χ4v) is 4.42. The molecule has 5 nitrogen and oxygen atoms in total. The second-order valence-corrected chi connectivity index (χ2v) is 8.09. The Morgan fingerprint density at radius 1 is 1.03 bits per heavy atom. The summed E-state index contributed by atoms with van der Waals surface area (Å²) in [5.41, 5.74) is 3.51. The minimum atomic E-state index is -1.04. The van der Waals surface area contributed by atoms with Gasteiger partial charge >= 0.3 is 0 Å². The Bertz CT molecular complexity index is 1130. The normalized spacial score (nSPS) is 16.7. The number of nitrogens with zero attached hydrogens (tertiary/aromatic N) is 3. The quantitative estimate of drug-likeness (QED) is 0.521. The van der Waals surface area contributed by atoms with E-state index in [1.807, 2.05) is 38.4 Å². The van der Waals surface area contributed by atoms with E-state index in [0.29, 0.717) is 18.7 Å². The Labute approximate surface area is 192 Å². The van der Waals surface area contributed by atoms with Gasteiger partial charge in [0.2, 0.25) is 0 Å². The first-order chi connectivity index (χ1) is 16.0. The predicted octanol–water partition coefficient (Wildman–Crippen LogP) is 5.03. The van der Waals surface area contributed by atoms with Crippen molar-refractivity contribution in [1.82, 2.24) is 14.9 Å². The number of carbonyl (C=O) groups is 1. The molecule has 7 heteroatoms. The minimum Gasteiger partial charge on any atom is -0.365 e. The maximum atomic E-state index is 13.4. The summed E-state index contributed by atoms with van der Waals surface area (Å²) < 4.78 is 32.7. The number of rotatable bonds is 4. The summed E-state index contributed by atoms with van der Waals surface area (Å²) in [6.45, 7) is 7.08. The topological polar surface area (TPSA) is 55.3 Å². The van der Waals surface area contributed by atoms with Gasteiger partial charge in [-0.15, -0.1) is 0 Å². The molecule has 0 aliphatic carbocycles. The highest BCUT2D eigenvalue weighted by Crippen LogP contribution is 2.43. The van der Waals surface area contributed by atoms with Gasteiger partial charge in [0, 0.05) is 54.9 Å². The van der Waals surface area contributed by atoms with Crippen LogP contribution in [-0.4, -0.2) is 33.7 Å². The van der Waals surface area contributed by atoms with Crippen molar-refractivity contribution in [3.8, 4) is 0 Å². The number of ether oxygens (including phenoxy) is 1. The Hall–Kier alpha value is -3.03. The van der Waals surface area contributed by atoms with Gasteiger partial charge in [0.1, 0.15) is 0 Å². The van der Waals surface area contributed by atoms with Gasteiger partial charge in [-0.3, -0.25) is 19.7 Å². The first-order valence-electron chi connectivity index (χ1n) is 11.3. The Morgan fingerprint density at radius 3 is 2.48 bits per heavy atom. The van der Waals surface area contributed by atoms with Crippen molar-refractivity contribution < 1.29 is 18.3 Å². The summed E-state index contributed by atoms with van der Waals surface area (Å²) >= 11 is 0. The largest absolute Gasteiger partial charge is 0.365 e. The van der Waals surface area contributed by atoms with Crippen LogP contribution >= 0.6 is 0 Å². The van der Waals surface area contributed by atoms with Gasteiger partial charge in [-0.1, -0.05) is 13.8 Å². The van der Waals surface area contributed by atoms with Crippen LogP contribution in [0.15, 0.2) is 55.0 Å². The van der Waals surface area contributed by atoms with Crippen molar-refractivity contribution in [3.05, 3.63) is 94.6 Å². The molecule has 1 saturated heterocycles. The molecule has 172 valence electrons. The molecule has 0 saturated carbocycles. The number of ketones is 1. The van der Waals surface area contributed by atoms with Crippen molar-refractivity contribution in [2.75, 3.05) is 13.1 Å². The molecule has 4 heterocycles. The van der Waals surface area contributed by atoms with E-state index in [9.17, 15) is 13.6 Å². The molecule has 2 aliphatic rings. The Kier molecular flexibility index (Phi) is 6.91. The first kappa shape index (κ1) is 23.1. The van der Waals surface area contributed by atoms with E-state index < -0.39 is 11.6 Å². The summed E-state index contributed by atoms with van der Waals surface area (Å²) in [6, 6.07) is 8.66. The lowest BCUT2D eigenvalue weighted by molar-refractivity contribution is -0.0801. The maximum Gasteiger partial charge on any atom is 0.194 e. The number of benzene rings is 1. The predicted molar refractivity (Wildman–Crippen MR) is 121 cm³/mol. The zero-order chi connectivity index (χ0) is 23.4. The maximum absolute atomic E-state index is 13.4. The van der Waals surface area contributed by atoms with E-state index in [1.165, 1.54) is 23.4 Å². The number of halogens is 2. The molecule has 3 aromatic rings. The van der Waals surface area contributed by atoms with Crippen LogP contribution in [0.1, 0.15) is 59.4 Å². The number of aromatic nitrogens is 2. The zero-order valence-corrected chi connectivity index (χ0v) is 18.9. The molecular weight excluding hydrogens is 424 g/mol. The molecule has 0 atom stereocenters. The number of carbonyl (C=O) groups excluding carboxylic acids is 1. The van der Waals surface area contributed by atoms with Crippen molar-refractivity contribution in [3.63, 3.8) is 0 Å². The summed E-state index contributed by atoms with van der Waals surface area (Å²) in [5, 5.41) is 0. The van der Waals surface area contributed by atoms with Crippen LogP contribution in [0.3, 0.4) is 0 Å². The van der Waals surface area contributed by atoms with Gasteiger partial charge in [-0.25, -0.2) is 8.78 Å². The molecule has 0 N–H and O–H groups in total. The van der Waals surface area contributed by atoms with Crippen LogP contribution in [0.25, 0.3) is 0 Å². The molecular formula is C26H27F2N3O2. The highest BCUT2D eigenvalue weighted by molar-refractivity contribution is 6.08. The summed E-state index contributed by atoms with van der Waals surface area (Å²) in [4.78, 5) is 23.5.